The Morgan fingerprint density at radius 1 is 1.03 bits per heavy atom. The van der Waals surface area contributed by atoms with Crippen molar-refractivity contribution < 1.29 is 23.9 Å². The average molecular weight is 402 g/mol. The molecule has 0 aliphatic rings. The van der Waals surface area contributed by atoms with Crippen molar-refractivity contribution in [1.82, 2.24) is 5.32 Å². The van der Waals surface area contributed by atoms with Gasteiger partial charge in [-0.2, -0.15) is 0 Å². The van der Waals surface area contributed by atoms with Crippen LogP contribution in [0, 0.1) is 16.0 Å². The standard InChI is InChI=1S/C21H26N2O6/c1-13(2)12-29-19-9-6-15(11-20(19)28-5)14(3)22-21(24)16-7-8-18(27-4)17(10-16)23(25)26/h6-11,13-14H,12H2,1-5H3,(H,22,24)/t14-/m0/s1. The highest BCUT2D eigenvalue weighted by molar-refractivity contribution is 5.95. The monoisotopic (exact) mass is 402 g/mol. The van der Waals surface area contributed by atoms with Gasteiger partial charge in [0.05, 0.1) is 31.8 Å². The van der Waals surface area contributed by atoms with Gasteiger partial charge in [0, 0.05) is 11.6 Å². The smallest absolute Gasteiger partial charge is 0.311 e. The first-order valence-electron chi connectivity index (χ1n) is 9.20. The summed E-state index contributed by atoms with van der Waals surface area (Å²) in [4.78, 5) is 23.2. The van der Waals surface area contributed by atoms with Crippen LogP contribution in [0.5, 0.6) is 17.2 Å². The van der Waals surface area contributed by atoms with Crippen LogP contribution in [0.2, 0.25) is 0 Å². The number of carbonyl (C=O) groups excluding carboxylic acids is 1. The van der Waals surface area contributed by atoms with Crippen LogP contribution in [0.3, 0.4) is 0 Å². The SMILES string of the molecule is COc1cc([C@H](C)NC(=O)c2ccc(OC)c([N+](=O)[O-])c2)ccc1OCC(C)C. The number of nitro groups is 1. The van der Waals surface area contributed by atoms with Gasteiger partial charge in [-0.1, -0.05) is 19.9 Å². The maximum absolute atomic E-state index is 12.6. The molecule has 0 bridgehead atoms. The van der Waals surface area contributed by atoms with Gasteiger partial charge in [-0.3, -0.25) is 14.9 Å². The number of nitrogens with one attached hydrogen (secondary N) is 1. The van der Waals surface area contributed by atoms with Gasteiger partial charge in [0.25, 0.3) is 5.91 Å². The summed E-state index contributed by atoms with van der Waals surface area (Å²) >= 11 is 0. The van der Waals surface area contributed by atoms with Gasteiger partial charge < -0.3 is 19.5 Å². The van der Waals surface area contributed by atoms with Crippen LogP contribution in [-0.2, 0) is 0 Å². The first-order valence-corrected chi connectivity index (χ1v) is 9.20. The molecule has 1 atom stereocenters. The van der Waals surface area contributed by atoms with Crippen molar-refractivity contribution >= 4 is 11.6 Å². The van der Waals surface area contributed by atoms with E-state index in [1.54, 1.807) is 19.2 Å². The predicted octanol–water partition coefficient (Wildman–Crippen LogP) is 4.14. The lowest BCUT2D eigenvalue weighted by Gasteiger charge is -2.18. The fourth-order valence-corrected chi connectivity index (χ4v) is 2.67. The molecule has 1 N–H and O–H groups in total. The van der Waals surface area contributed by atoms with Crippen LogP contribution < -0.4 is 19.5 Å². The van der Waals surface area contributed by atoms with Gasteiger partial charge >= 0.3 is 5.69 Å². The zero-order valence-corrected chi connectivity index (χ0v) is 17.2. The van der Waals surface area contributed by atoms with Crippen molar-refractivity contribution in [3.05, 3.63) is 57.6 Å². The minimum absolute atomic E-state index is 0.0984. The second-order valence-electron chi connectivity index (χ2n) is 6.95. The third kappa shape index (κ3) is 5.60. The minimum atomic E-state index is -0.584. The summed E-state index contributed by atoms with van der Waals surface area (Å²) in [5.74, 6) is 1.26. The maximum Gasteiger partial charge on any atom is 0.311 e. The summed E-state index contributed by atoms with van der Waals surface area (Å²) in [5.41, 5.74) is 0.726. The minimum Gasteiger partial charge on any atom is -0.493 e. The Morgan fingerprint density at radius 2 is 1.69 bits per heavy atom. The topological polar surface area (TPSA) is 99.9 Å². The third-order valence-corrected chi connectivity index (χ3v) is 4.25. The average Bonchev–Trinajstić information content (AvgIpc) is 2.71. The summed E-state index contributed by atoms with van der Waals surface area (Å²) in [6, 6.07) is 9.19. The van der Waals surface area contributed by atoms with E-state index in [9.17, 15) is 14.9 Å². The molecule has 156 valence electrons. The number of ether oxygens (including phenoxy) is 3. The number of rotatable bonds is 9. The number of nitro benzene ring substituents is 1. The van der Waals surface area contributed by atoms with Gasteiger partial charge in [0.15, 0.2) is 17.2 Å². The summed E-state index contributed by atoms with van der Waals surface area (Å²) in [5, 5.41) is 14.0. The lowest BCUT2D eigenvalue weighted by Crippen LogP contribution is -2.26. The number of carbonyl (C=O) groups is 1. The number of benzene rings is 2. The quantitative estimate of drug-likeness (QED) is 0.500. The van der Waals surface area contributed by atoms with Crippen LogP contribution in [0.1, 0.15) is 42.7 Å². The number of hydrogen-bond acceptors (Lipinski definition) is 6. The number of hydrogen-bond donors (Lipinski definition) is 1. The van der Waals surface area contributed by atoms with Crippen molar-refractivity contribution in [2.75, 3.05) is 20.8 Å². The van der Waals surface area contributed by atoms with E-state index in [1.165, 1.54) is 25.3 Å². The van der Waals surface area contributed by atoms with Crippen LogP contribution in [0.4, 0.5) is 5.69 Å². The third-order valence-electron chi connectivity index (χ3n) is 4.25. The van der Waals surface area contributed by atoms with Gasteiger partial charge in [-0.25, -0.2) is 0 Å². The lowest BCUT2D eigenvalue weighted by molar-refractivity contribution is -0.385. The van der Waals surface area contributed by atoms with Gasteiger partial charge in [0.1, 0.15) is 0 Å². The van der Waals surface area contributed by atoms with E-state index >= 15 is 0 Å². The number of nitrogens with zero attached hydrogens (tertiary/aromatic N) is 1. The molecule has 0 spiro atoms. The maximum atomic E-state index is 12.6. The summed E-state index contributed by atoms with van der Waals surface area (Å²) in [6.45, 7) is 6.50. The molecule has 0 saturated carbocycles. The van der Waals surface area contributed by atoms with Crippen LogP contribution in [0.15, 0.2) is 36.4 Å². The van der Waals surface area contributed by atoms with E-state index < -0.39 is 10.8 Å². The highest BCUT2D eigenvalue weighted by Crippen LogP contribution is 2.31. The Balaban J connectivity index is 2.17. The second kappa shape index (κ2) is 9.77. The predicted molar refractivity (Wildman–Crippen MR) is 109 cm³/mol. The molecule has 0 saturated heterocycles. The lowest BCUT2D eigenvalue weighted by atomic mass is 10.1. The molecule has 2 aromatic carbocycles. The molecule has 0 aliphatic carbocycles. The van der Waals surface area contributed by atoms with Crippen LogP contribution in [-0.4, -0.2) is 31.7 Å². The fourth-order valence-electron chi connectivity index (χ4n) is 2.67. The first-order chi connectivity index (χ1) is 13.8. The van der Waals surface area contributed by atoms with Crippen LogP contribution in [0.25, 0.3) is 0 Å². The summed E-state index contributed by atoms with van der Waals surface area (Å²) < 4.78 is 16.1. The molecule has 0 aliphatic heterocycles. The molecule has 2 aromatic rings. The highest BCUT2D eigenvalue weighted by atomic mass is 16.6. The Kier molecular flexibility index (Phi) is 7.41. The Hall–Kier alpha value is -3.29. The first kappa shape index (κ1) is 22.0. The van der Waals surface area contributed by atoms with Gasteiger partial charge in [-0.15, -0.1) is 0 Å². The summed E-state index contributed by atoms with van der Waals surface area (Å²) in [7, 11) is 2.90. The van der Waals surface area contributed by atoms with Crippen molar-refractivity contribution in [3.8, 4) is 17.2 Å². The molecular weight excluding hydrogens is 376 g/mol. The molecule has 0 aromatic heterocycles. The van der Waals surface area contributed by atoms with Crippen molar-refractivity contribution in [3.63, 3.8) is 0 Å². The van der Waals surface area contributed by atoms with E-state index in [2.05, 4.69) is 19.2 Å². The van der Waals surface area contributed by atoms with E-state index in [0.717, 1.165) is 5.56 Å². The molecular formula is C21H26N2O6. The van der Waals surface area contributed by atoms with E-state index in [-0.39, 0.29) is 23.0 Å². The molecule has 29 heavy (non-hydrogen) atoms. The van der Waals surface area contributed by atoms with Crippen molar-refractivity contribution in [1.29, 1.82) is 0 Å². The normalized spacial score (nSPS) is 11.7. The van der Waals surface area contributed by atoms with E-state index in [0.29, 0.717) is 24.0 Å². The van der Waals surface area contributed by atoms with E-state index in [1.807, 2.05) is 13.0 Å². The molecule has 0 heterocycles. The molecule has 1 amide bonds. The Bertz CT molecular complexity index is 881. The van der Waals surface area contributed by atoms with Crippen molar-refractivity contribution in [2.24, 2.45) is 5.92 Å². The Labute approximate surface area is 169 Å². The summed E-state index contributed by atoms with van der Waals surface area (Å²) in [6.07, 6.45) is 0. The molecule has 8 heteroatoms. The molecule has 8 nitrogen and oxygen atoms in total. The molecule has 0 unspecified atom stereocenters. The van der Waals surface area contributed by atoms with E-state index in [4.69, 9.17) is 14.2 Å². The number of amides is 1. The number of methoxy groups -OCH3 is 2. The second-order valence-corrected chi connectivity index (χ2v) is 6.95. The van der Waals surface area contributed by atoms with Gasteiger partial charge in [0.2, 0.25) is 0 Å². The molecule has 0 fully saturated rings. The van der Waals surface area contributed by atoms with Crippen molar-refractivity contribution in [2.45, 2.75) is 26.8 Å². The fraction of sp³-hybridized carbons (Fsp3) is 0.381. The van der Waals surface area contributed by atoms with Gasteiger partial charge in [-0.05, 0) is 42.7 Å². The Morgan fingerprint density at radius 3 is 2.28 bits per heavy atom. The largest absolute Gasteiger partial charge is 0.493 e. The zero-order chi connectivity index (χ0) is 21.6. The molecule has 2 rings (SSSR count). The molecule has 0 radical (unpaired) electrons. The van der Waals surface area contributed by atoms with Crippen LogP contribution >= 0.6 is 0 Å². The zero-order valence-electron chi connectivity index (χ0n) is 17.2. The highest BCUT2D eigenvalue weighted by Gasteiger charge is 2.20.